The molecule has 2 aromatic rings. The summed E-state index contributed by atoms with van der Waals surface area (Å²) in [5.74, 6) is -1.58. The van der Waals surface area contributed by atoms with E-state index in [0.29, 0.717) is 16.4 Å². The average molecular weight is 331 g/mol. The molecular formula is C17H15ClN2O3. The molecule has 0 saturated heterocycles. The van der Waals surface area contributed by atoms with Gasteiger partial charge in [0, 0.05) is 5.02 Å². The highest BCUT2D eigenvalue weighted by Gasteiger charge is 2.43. The van der Waals surface area contributed by atoms with E-state index in [2.05, 4.69) is 5.10 Å². The van der Waals surface area contributed by atoms with Crippen molar-refractivity contribution in [3.63, 3.8) is 0 Å². The Labute approximate surface area is 138 Å². The topological polar surface area (TPSA) is 62.9 Å². The number of hydrogen-bond acceptors (Lipinski definition) is 4. The van der Waals surface area contributed by atoms with E-state index in [1.807, 2.05) is 13.8 Å². The predicted octanol–water partition coefficient (Wildman–Crippen LogP) is 3.79. The Bertz CT molecular complexity index is 764. The molecule has 23 heavy (non-hydrogen) atoms. The maximum absolute atomic E-state index is 12.8. The standard InChI is InChI=1S/C17H15ClN2O3/c1-10(2)15-14(16(21)13-4-3-9-23-13)17(22)20(19-15)12-7-5-11(18)6-8-12/h3-10,14H,1-2H3/t14-/m1/s1. The van der Waals surface area contributed by atoms with Gasteiger partial charge in [0.1, 0.15) is 5.92 Å². The number of halogens is 1. The Kier molecular flexibility index (Phi) is 4.05. The molecule has 0 unspecified atom stereocenters. The highest BCUT2D eigenvalue weighted by Crippen LogP contribution is 2.29. The number of amides is 1. The fourth-order valence-electron chi connectivity index (χ4n) is 2.49. The zero-order chi connectivity index (χ0) is 16.6. The molecule has 1 aliphatic heterocycles. The zero-order valence-corrected chi connectivity index (χ0v) is 13.4. The van der Waals surface area contributed by atoms with Crippen molar-refractivity contribution in [3.8, 4) is 0 Å². The molecule has 0 fully saturated rings. The number of carbonyl (C=O) groups is 2. The van der Waals surface area contributed by atoms with Crippen LogP contribution in [0, 0.1) is 11.8 Å². The molecule has 0 saturated carbocycles. The van der Waals surface area contributed by atoms with Gasteiger partial charge in [-0.3, -0.25) is 9.59 Å². The van der Waals surface area contributed by atoms with E-state index >= 15 is 0 Å². The van der Waals surface area contributed by atoms with Gasteiger partial charge in [0.25, 0.3) is 5.91 Å². The molecule has 1 aromatic heterocycles. The van der Waals surface area contributed by atoms with E-state index in [1.54, 1.807) is 36.4 Å². The quantitative estimate of drug-likeness (QED) is 0.633. The van der Waals surface area contributed by atoms with Crippen LogP contribution < -0.4 is 5.01 Å². The number of furan rings is 1. The van der Waals surface area contributed by atoms with Gasteiger partial charge in [0.15, 0.2) is 5.76 Å². The lowest BCUT2D eigenvalue weighted by atomic mass is 9.90. The number of carbonyl (C=O) groups excluding carboxylic acids is 2. The first-order chi connectivity index (χ1) is 11.0. The summed E-state index contributed by atoms with van der Waals surface area (Å²) in [5.41, 5.74) is 1.11. The number of rotatable bonds is 4. The van der Waals surface area contributed by atoms with Gasteiger partial charge < -0.3 is 4.42 Å². The molecular weight excluding hydrogens is 316 g/mol. The molecule has 1 amide bonds. The number of benzene rings is 1. The lowest BCUT2D eigenvalue weighted by Gasteiger charge is -2.13. The number of hydrazone groups is 1. The number of Topliss-reactive ketones (excluding diaryl/α,β-unsaturated/α-hetero) is 1. The summed E-state index contributed by atoms with van der Waals surface area (Å²) in [6.45, 7) is 3.81. The first-order valence-corrected chi connectivity index (χ1v) is 7.62. The van der Waals surface area contributed by atoms with Crippen molar-refractivity contribution in [1.82, 2.24) is 0 Å². The van der Waals surface area contributed by atoms with Gasteiger partial charge >= 0.3 is 0 Å². The first-order valence-electron chi connectivity index (χ1n) is 7.24. The van der Waals surface area contributed by atoms with Crippen LogP contribution in [0.2, 0.25) is 5.02 Å². The molecule has 0 N–H and O–H groups in total. The summed E-state index contributed by atoms with van der Waals surface area (Å²) in [4.78, 5) is 25.4. The molecule has 0 spiro atoms. The summed E-state index contributed by atoms with van der Waals surface area (Å²) < 4.78 is 5.15. The highest BCUT2D eigenvalue weighted by molar-refractivity contribution is 6.31. The number of hydrogen-bond donors (Lipinski definition) is 0. The van der Waals surface area contributed by atoms with Crippen LogP contribution in [0.3, 0.4) is 0 Å². The largest absolute Gasteiger partial charge is 0.461 e. The Morgan fingerprint density at radius 3 is 2.52 bits per heavy atom. The maximum atomic E-state index is 12.8. The van der Waals surface area contributed by atoms with Gasteiger partial charge in [-0.25, -0.2) is 0 Å². The van der Waals surface area contributed by atoms with Gasteiger partial charge in [-0.2, -0.15) is 10.1 Å². The molecule has 3 rings (SSSR count). The Morgan fingerprint density at radius 2 is 1.96 bits per heavy atom. The molecule has 5 nitrogen and oxygen atoms in total. The smallest absolute Gasteiger partial charge is 0.264 e. The number of ketones is 1. The van der Waals surface area contributed by atoms with Crippen molar-refractivity contribution in [2.75, 3.05) is 5.01 Å². The third-order valence-corrected chi connectivity index (χ3v) is 3.91. The molecule has 1 aromatic carbocycles. The molecule has 1 atom stereocenters. The molecule has 0 aliphatic carbocycles. The van der Waals surface area contributed by atoms with Crippen LogP contribution in [0.4, 0.5) is 5.69 Å². The summed E-state index contributed by atoms with van der Waals surface area (Å²) >= 11 is 5.87. The second-order valence-electron chi connectivity index (χ2n) is 5.58. The summed E-state index contributed by atoms with van der Waals surface area (Å²) in [6.07, 6.45) is 1.41. The van der Waals surface area contributed by atoms with Crippen molar-refractivity contribution >= 4 is 34.7 Å². The van der Waals surface area contributed by atoms with Crippen LogP contribution in [0.15, 0.2) is 52.2 Å². The van der Waals surface area contributed by atoms with E-state index in [-0.39, 0.29) is 23.4 Å². The van der Waals surface area contributed by atoms with E-state index in [9.17, 15) is 9.59 Å². The number of anilines is 1. The Balaban J connectivity index is 1.98. The van der Waals surface area contributed by atoms with E-state index in [4.69, 9.17) is 16.0 Å². The molecule has 0 bridgehead atoms. The molecule has 1 aliphatic rings. The number of nitrogens with zero attached hydrogens (tertiary/aromatic N) is 2. The molecule has 118 valence electrons. The summed E-state index contributed by atoms with van der Waals surface area (Å²) in [7, 11) is 0. The second kappa shape index (κ2) is 6.01. The monoisotopic (exact) mass is 330 g/mol. The fraction of sp³-hybridized carbons (Fsp3) is 0.235. The van der Waals surface area contributed by atoms with Crippen molar-refractivity contribution in [3.05, 3.63) is 53.4 Å². The van der Waals surface area contributed by atoms with Crippen LogP contribution in [0.5, 0.6) is 0 Å². The predicted molar refractivity (Wildman–Crippen MR) is 87.7 cm³/mol. The lowest BCUT2D eigenvalue weighted by molar-refractivity contribution is -0.118. The lowest BCUT2D eigenvalue weighted by Crippen LogP contribution is -2.34. The molecule has 2 heterocycles. The average Bonchev–Trinajstić information content (AvgIpc) is 3.15. The van der Waals surface area contributed by atoms with Gasteiger partial charge in [-0.15, -0.1) is 0 Å². The van der Waals surface area contributed by atoms with Gasteiger partial charge in [-0.1, -0.05) is 25.4 Å². The fourth-order valence-corrected chi connectivity index (χ4v) is 2.62. The normalized spacial score (nSPS) is 17.7. The van der Waals surface area contributed by atoms with Crippen molar-refractivity contribution in [1.29, 1.82) is 0 Å². The van der Waals surface area contributed by atoms with Gasteiger partial charge in [-0.05, 0) is 42.3 Å². The SMILES string of the molecule is CC(C)C1=NN(c2ccc(Cl)cc2)C(=O)[C@H]1C(=O)c1ccco1. The van der Waals surface area contributed by atoms with Crippen molar-refractivity contribution in [2.24, 2.45) is 16.9 Å². The molecule has 6 heteroatoms. The summed E-state index contributed by atoms with van der Waals surface area (Å²) in [6, 6.07) is 9.92. The van der Waals surface area contributed by atoms with E-state index < -0.39 is 5.92 Å². The van der Waals surface area contributed by atoms with Crippen molar-refractivity contribution < 1.29 is 14.0 Å². The Morgan fingerprint density at radius 1 is 1.26 bits per heavy atom. The second-order valence-corrected chi connectivity index (χ2v) is 6.02. The minimum atomic E-state index is -0.947. The van der Waals surface area contributed by atoms with Crippen molar-refractivity contribution in [2.45, 2.75) is 13.8 Å². The maximum Gasteiger partial charge on any atom is 0.264 e. The third-order valence-electron chi connectivity index (χ3n) is 3.66. The van der Waals surface area contributed by atoms with Crippen LogP contribution in [-0.4, -0.2) is 17.4 Å². The van der Waals surface area contributed by atoms with Crippen LogP contribution in [0.1, 0.15) is 24.4 Å². The highest BCUT2D eigenvalue weighted by atomic mass is 35.5. The minimum absolute atomic E-state index is 0.0415. The van der Waals surface area contributed by atoms with E-state index in [0.717, 1.165) is 0 Å². The Hall–Kier alpha value is -2.40. The van der Waals surface area contributed by atoms with Crippen LogP contribution >= 0.6 is 11.6 Å². The van der Waals surface area contributed by atoms with Gasteiger partial charge in [0.05, 0.1) is 17.7 Å². The third kappa shape index (κ3) is 2.80. The minimum Gasteiger partial charge on any atom is -0.461 e. The zero-order valence-electron chi connectivity index (χ0n) is 12.7. The molecule has 0 radical (unpaired) electrons. The van der Waals surface area contributed by atoms with E-state index in [1.165, 1.54) is 11.3 Å². The first kappa shape index (κ1) is 15.5. The van der Waals surface area contributed by atoms with Crippen LogP contribution in [-0.2, 0) is 4.79 Å². The van der Waals surface area contributed by atoms with Crippen LogP contribution in [0.25, 0.3) is 0 Å². The van der Waals surface area contributed by atoms with Gasteiger partial charge in [0.2, 0.25) is 5.78 Å². The summed E-state index contributed by atoms with van der Waals surface area (Å²) in [5, 5.41) is 6.20.